The molecule has 1 rings (SSSR count). The lowest BCUT2D eigenvalue weighted by Crippen LogP contribution is -2.24. The lowest BCUT2D eigenvalue weighted by Gasteiger charge is -2.30. The molecule has 18 heavy (non-hydrogen) atoms. The molecule has 1 aromatic heterocycles. The van der Waals surface area contributed by atoms with E-state index in [1.54, 1.807) is 7.11 Å². The molecule has 0 aliphatic rings. The van der Waals surface area contributed by atoms with Crippen molar-refractivity contribution in [3.05, 3.63) is 11.7 Å². The van der Waals surface area contributed by atoms with Gasteiger partial charge in [0.25, 0.3) is 0 Å². The third kappa shape index (κ3) is 4.74. The highest BCUT2D eigenvalue weighted by Crippen LogP contribution is 2.31. The van der Waals surface area contributed by atoms with Crippen LogP contribution in [-0.4, -0.2) is 23.8 Å². The van der Waals surface area contributed by atoms with E-state index in [-0.39, 0.29) is 5.41 Å². The lowest BCUT2D eigenvalue weighted by molar-refractivity contribution is 0.174. The second-order valence-corrected chi connectivity index (χ2v) is 5.72. The summed E-state index contributed by atoms with van der Waals surface area (Å²) in [6.45, 7) is 7.86. The number of nitrogens with zero attached hydrogens (tertiary/aromatic N) is 2. The smallest absolute Gasteiger partial charge is 0.226 e. The molecule has 0 aromatic carbocycles. The molecule has 0 fully saturated rings. The fraction of sp³-hybridized carbons (Fsp3) is 0.846. The maximum atomic E-state index is 5.67. The SMILES string of the molecule is COCc1noc(CCC(CCN)C(C)(C)C)n1. The van der Waals surface area contributed by atoms with Crippen LogP contribution in [0, 0.1) is 11.3 Å². The van der Waals surface area contributed by atoms with Crippen LogP contribution in [-0.2, 0) is 17.8 Å². The van der Waals surface area contributed by atoms with Crippen molar-refractivity contribution in [1.29, 1.82) is 0 Å². The van der Waals surface area contributed by atoms with E-state index >= 15 is 0 Å². The number of ether oxygens (including phenoxy) is 1. The topological polar surface area (TPSA) is 74.2 Å². The second kappa shape index (κ2) is 6.85. The van der Waals surface area contributed by atoms with Crippen molar-refractivity contribution < 1.29 is 9.26 Å². The lowest BCUT2D eigenvalue weighted by atomic mass is 9.76. The Balaban J connectivity index is 2.50. The Labute approximate surface area is 109 Å². The van der Waals surface area contributed by atoms with Crippen molar-refractivity contribution >= 4 is 0 Å². The number of hydrogen-bond acceptors (Lipinski definition) is 5. The number of nitrogens with two attached hydrogens (primary N) is 1. The summed E-state index contributed by atoms with van der Waals surface area (Å²) >= 11 is 0. The molecule has 5 heteroatoms. The van der Waals surface area contributed by atoms with E-state index in [1.165, 1.54) is 0 Å². The van der Waals surface area contributed by atoms with Crippen LogP contribution in [0.5, 0.6) is 0 Å². The van der Waals surface area contributed by atoms with Crippen molar-refractivity contribution in [2.45, 2.75) is 46.6 Å². The molecule has 0 spiro atoms. The Bertz CT molecular complexity index is 344. The molecule has 0 saturated heterocycles. The molecule has 1 heterocycles. The molecule has 2 N–H and O–H groups in total. The van der Waals surface area contributed by atoms with Crippen molar-refractivity contribution in [3.63, 3.8) is 0 Å². The second-order valence-electron chi connectivity index (χ2n) is 5.72. The van der Waals surface area contributed by atoms with Crippen LogP contribution in [0.3, 0.4) is 0 Å². The van der Waals surface area contributed by atoms with Crippen LogP contribution in [0.15, 0.2) is 4.52 Å². The van der Waals surface area contributed by atoms with Gasteiger partial charge in [0.15, 0.2) is 5.82 Å². The van der Waals surface area contributed by atoms with Crippen LogP contribution in [0.25, 0.3) is 0 Å². The van der Waals surface area contributed by atoms with Gasteiger partial charge in [-0.15, -0.1) is 0 Å². The summed E-state index contributed by atoms with van der Waals surface area (Å²) in [5.41, 5.74) is 5.93. The molecule has 1 aromatic rings. The van der Waals surface area contributed by atoms with Gasteiger partial charge < -0.3 is 15.0 Å². The Kier molecular flexibility index (Phi) is 5.75. The molecule has 1 unspecified atom stereocenters. The average Bonchev–Trinajstić information content (AvgIpc) is 2.71. The Morgan fingerprint density at radius 1 is 1.33 bits per heavy atom. The zero-order chi connectivity index (χ0) is 13.6. The Hall–Kier alpha value is -0.940. The first-order valence-corrected chi connectivity index (χ1v) is 6.47. The largest absolute Gasteiger partial charge is 0.377 e. The fourth-order valence-electron chi connectivity index (χ4n) is 2.09. The van der Waals surface area contributed by atoms with Crippen molar-refractivity contribution in [2.24, 2.45) is 17.1 Å². The highest BCUT2D eigenvalue weighted by atomic mass is 16.5. The van der Waals surface area contributed by atoms with Gasteiger partial charge in [0.05, 0.1) is 0 Å². The van der Waals surface area contributed by atoms with Crippen molar-refractivity contribution in [1.82, 2.24) is 10.1 Å². The van der Waals surface area contributed by atoms with Gasteiger partial charge in [0.2, 0.25) is 5.89 Å². The predicted octanol–water partition coefficient (Wildman–Crippen LogP) is 2.16. The Morgan fingerprint density at radius 2 is 2.06 bits per heavy atom. The van der Waals surface area contributed by atoms with E-state index in [9.17, 15) is 0 Å². The van der Waals surface area contributed by atoms with E-state index in [0.717, 1.165) is 25.8 Å². The minimum Gasteiger partial charge on any atom is -0.377 e. The van der Waals surface area contributed by atoms with Gasteiger partial charge in [-0.2, -0.15) is 4.98 Å². The molecule has 0 saturated carbocycles. The maximum Gasteiger partial charge on any atom is 0.226 e. The van der Waals surface area contributed by atoms with Crippen molar-refractivity contribution in [2.75, 3.05) is 13.7 Å². The van der Waals surface area contributed by atoms with Crippen LogP contribution in [0.2, 0.25) is 0 Å². The fourth-order valence-corrected chi connectivity index (χ4v) is 2.09. The predicted molar refractivity (Wildman–Crippen MR) is 69.9 cm³/mol. The van der Waals surface area contributed by atoms with Gasteiger partial charge >= 0.3 is 0 Å². The molecule has 1 atom stereocenters. The first kappa shape index (κ1) is 15.1. The molecular formula is C13H25N3O2. The monoisotopic (exact) mass is 255 g/mol. The van der Waals surface area contributed by atoms with E-state index in [2.05, 4.69) is 30.9 Å². The average molecular weight is 255 g/mol. The molecule has 0 radical (unpaired) electrons. The standard InChI is InChI=1S/C13H25N3O2/c1-13(2,3)10(7-8-14)5-6-12-15-11(9-17-4)16-18-12/h10H,5-9,14H2,1-4H3. The molecule has 0 bridgehead atoms. The number of rotatable bonds is 7. The van der Waals surface area contributed by atoms with Gasteiger partial charge in [0.1, 0.15) is 6.61 Å². The minimum absolute atomic E-state index is 0.259. The van der Waals surface area contributed by atoms with E-state index in [4.69, 9.17) is 15.0 Å². The Morgan fingerprint density at radius 3 is 2.61 bits per heavy atom. The van der Waals surface area contributed by atoms with Gasteiger partial charge in [-0.3, -0.25) is 0 Å². The van der Waals surface area contributed by atoms with E-state index in [1.807, 2.05) is 0 Å². The molecule has 0 aliphatic carbocycles. The zero-order valence-electron chi connectivity index (χ0n) is 11.9. The molecular weight excluding hydrogens is 230 g/mol. The molecule has 0 amide bonds. The summed E-state index contributed by atoms with van der Waals surface area (Å²) in [6.07, 6.45) is 2.86. The summed E-state index contributed by atoms with van der Waals surface area (Å²) in [4.78, 5) is 4.28. The van der Waals surface area contributed by atoms with Gasteiger partial charge in [-0.25, -0.2) is 0 Å². The van der Waals surface area contributed by atoms with Gasteiger partial charge in [0, 0.05) is 13.5 Å². The van der Waals surface area contributed by atoms with E-state index < -0.39 is 0 Å². The summed E-state index contributed by atoms with van der Waals surface area (Å²) in [6, 6.07) is 0. The summed E-state index contributed by atoms with van der Waals surface area (Å²) in [5, 5.41) is 3.86. The van der Waals surface area contributed by atoms with Crippen LogP contribution < -0.4 is 5.73 Å². The maximum absolute atomic E-state index is 5.67. The zero-order valence-corrected chi connectivity index (χ0v) is 11.9. The molecule has 0 aliphatic heterocycles. The third-order valence-corrected chi connectivity index (χ3v) is 3.23. The molecule has 104 valence electrons. The van der Waals surface area contributed by atoms with Gasteiger partial charge in [-0.1, -0.05) is 25.9 Å². The van der Waals surface area contributed by atoms with Crippen LogP contribution in [0.4, 0.5) is 0 Å². The first-order chi connectivity index (χ1) is 8.47. The quantitative estimate of drug-likeness (QED) is 0.808. The first-order valence-electron chi connectivity index (χ1n) is 6.47. The highest BCUT2D eigenvalue weighted by Gasteiger charge is 2.24. The summed E-state index contributed by atoms with van der Waals surface area (Å²) in [7, 11) is 1.62. The highest BCUT2D eigenvalue weighted by molar-refractivity contribution is 4.86. The van der Waals surface area contributed by atoms with Crippen molar-refractivity contribution in [3.8, 4) is 0 Å². The summed E-state index contributed by atoms with van der Waals surface area (Å²) < 4.78 is 10.1. The van der Waals surface area contributed by atoms with Crippen LogP contribution in [0.1, 0.15) is 45.3 Å². The number of aromatic nitrogens is 2. The van der Waals surface area contributed by atoms with Crippen LogP contribution >= 0.6 is 0 Å². The minimum atomic E-state index is 0.259. The van der Waals surface area contributed by atoms with Gasteiger partial charge in [-0.05, 0) is 30.7 Å². The third-order valence-electron chi connectivity index (χ3n) is 3.23. The van der Waals surface area contributed by atoms with E-state index in [0.29, 0.717) is 24.2 Å². The number of methoxy groups -OCH3 is 1. The number of hydrogen-bond donors (Lipinski definition) is 1. The summed E-state index contributed by atoms with van der Waals surface area (Å²) in [5.74, 6) is 1.87. The number of aryl methyl sites for hydroxylation is 1. The normalized spacial score (nSPS) is 13.8. The molecule has 5 nitrogen and oxygen atoms in total.